The highest BCUT2D eigenvalue weighted by molar-refractivity contribution is 7.86. The van der Waals surface area contributed by atoms with Crippen molar-refractivity contribution in [2.75, 3.05) is 6.61 Å². The van der Waals surface area contributed by atoms with Gasteiger partial charge in [-0.2, -0.15) is 8.42 Å². The van der Waals surface area contributed by atoms with E-state index in [2.05, 4.69) is 0 Å². The number of hydrogen-bond acceptors (Lipinski definition) is 4. The molecule has 6 heteroatoms. The molecular weight excluding hydrogens is 391 g/mol. The third-order valence-electron chi connectivity index (χ3n) is 5.05. The molecule has 0 radical (unpaired) electrons. The van der Waals surface area contributed by atoms with Gasteiger partial charge >= 0.3 is 0 Å². The summed E-state index contributed by atoms with van der Waals surface area (Å²) in [6.07, 6.45) is -0.0486. The van der Waals surface area contributed by atoms with Gasteiger partial charge < -0.3 is 4.74 Å². The number of ether oxygens (including phenoxy) is 1. The van der Waals surface area contributed by atoms with Crippen LogP contribution >= 0.6 is 0 Å². The van der Waals surface area contributed by atoms with Crippen LogP contribution in [-0.2, 0) is 20.7 Å². The summed E-state index contributed by atoms with van der Waals surface area (Å²) in [5, 5.41) is 0. The van der Waals surface area contributed by atoms with Gasteiger partial charge in [-0.15, -0.1) is 0 Å². The number of rotatable bonds is 5. The monoisotopic (exact) mass is 412 g/mol. The highest BCUT2D eigenvalue weighted by atomic mass is 32.2. The van der Waals surface area contributed by atoms with Crippen molar-refractivity contribution in [2.45, 2.75) is 31.3 Å². The number of benzene rings is 3. The Bertz CT molecular complexity index is 1150. The minimum atomic E-state index is -3.88. The standard InChI is InChI=1S/C23H21FO4S/c1-15-7-10-19(11-8-15)29(25,26)27-14-18-13-17-9-12-21(24)22(23(17)28-18)20-6-4-3-5-16(20)2/h3-12,18H,13-14H2,1-2H3. The molecule has 0 aliphatic carbocycles. The fraction of sp³-hybridized carbons (Fsp3) is 0.217. The Morgan fingerprint density at radius 3 is 2.48 bits per heavy atom. The van der Waals surface area contributed by atoms with Crippen molar-refractivity contribution in [1.29, 1.82) is 0 Å². The van der Waals surface area contributed by atoms with E-state index in [0.717, 1.165) is 22.3 Å². The third kappa shape index (κ3) is 3.91. The second-order valence-electron chi connectivity index (χ2n) is 7.22. The van der Waals surface area contributed by atoms with Crippen molar-refractivity contribution in [3.8, 4) is 16.9 Å². The Kier molecular flexibility index (Phi) is 5.15. The molecule has 0 saturated heterocycles. The number of aryl methyl sites for hydroxylation is 2. The Morgan fingerprint density at radius 1 is 1.03 bits per heavy atom. The lowest BCUT2D eigenvalue weighted by molar-refractivity contribution is 0.152. The fourth-order valence-electron chi connectivity index (χ4n) is 3.49. The summed E-state index contributed by atoms with van der Waals surface area (Å²) in [7, 11) is -3.88. The largest absolute Gasteiger partial charge is 0.487 e. The zero-order valence-corrected chi connectivity index (χ0v) is 17.0. The molecule has 0 N–H and O–H groups in total. The molecule has 0 spiro atoms. The van der Waals surface area contributed by atoms with Crippen LogP contribution in [0.25, 0.3) is 11.1 Å². The Morgan fingerprint density at radius 2 is 1.76 bits per heavy atom. The summed E-state index contributed by atoms with van der Waals surface area (Å²) in [6.45, 7) is 3.66. The van der Waals surface area contributed by atoms with E-state index in [9.17, 15) is 12.8 Å². The van der Waals surface area contributed by atoms with Gasteiger partial charge in [-0.1, -0.05) is 48.0 Å². The zero-order valence-electron chi connectivity index (χ0n) is 16.2. The van der Waals surface area contributed by atoms with Gasteiger partial charge in [0.2, 0.25) is 0 Å². The summed E-state index contributed by atoms with van der Waals surface area (Å²) in [6, 6.07) is 17.1. The predicted octanol–water partition coefficient (Wildman–Crippen LogP) is 4.82. The van der Waals surface area contributed by atoms with E-state index in [4.69, 9.17) is 8.92 Å². The van der Waals surface area contributed by atoms with Gasteiger partial charge in [0, 0.05) is 6.42 Å². The molecule has 0 fully saturated rings. The summed E-state index contributed by atoms with van der Waals surface area (Å²) in [4.78, 5) is 0.102. The van der Waals surface area contributed by atoms with Gasteiger partial charge in [-0.3, -0.25) is 4.18 Å². The first-order valence-corrected chi connectivity index (χ1v) is 10.8. The van der Waals surface area contributed by atoms with E-state index in [0.29, 0.717) is 17.7 Å². The first kappa shape index (κ1) is 19.6. The molecule has 0 bridgehead atoms. The minimum Gasteiger partial charge on any atom is -0.487 e. The molecule has 4 nitrogen and oxygen atoms in total. The van der Waals surface area contributed by atoms with Gasteiger partial charge in [0.25, 0.3) is 10.1 Å². The smallest absolute Gasteiger partial charge is 0.297 e. The molecule has 0 amide bonds. The first-order chi connectivity index (χ1) is 13.8. The zero-order chi connectivity index (χ0) is 20.6. The molecule has 3 aromatic carbocycles. The highest BCUT2D eigenvalue weighted by Gasteiger charge is 2.30. The minimum absolute atomic E-state index is 0.102. The van der Waals surface area contributed by atoms with Gasteiger partial charge in [0.1, 0.15) is 24.3 Å². The lowest BCUT2D eigenvalue weighted by Crippen LogP contribution is -2.23. The van der Waals surface area contributed by atoms with E-state index in [-0.39, 0.29) is 17.3 Å². The van der Waals surface area contributed by atoms with Crippen molar-refractivity contribution in [1.82, 2.24) is 0 Å². The maximum Gasteiger partial charge on any atom is 0.297 e. The molecule has 1 heterocycles. The topological polar surface area (TPSA) is 52.6 Å². The van der Waals surface area contributed by atoms with Crippen molar-refractivity contribution >= 4 is 10.1 Å². The maximum absolute atomic E-state index is 14.7. The second-order valence-corrected chi connectivity index (χ2v) is 8.84. The SMILES string of the molecule is Cc1ccc(S(=O)(=O)OCC2Cc3ccc(F)c(-c4ccccc4C)c3O2)cc1. The molecule has 0 saturated carbocycles. The maximum atomic E-state index is 14.7. The van der Waals surface area contributed by atoms with E-state index in [1.165, 1.54) is 18.2 Å². The molecule has 150 valence electrons. The van der Waals surface area contributed by atoms with E-state index >= 15 is 0 Å². The van der Waals surface area contributed by atoms with Crippen LogP contribution in [0.15, 0.2) is 65.6 Å². The summed E-state index contributed by atoms with van der Waals surface area (Å²) >= 11 is 0. The Labute approximate surface area is 170 Å². The molecule has 1 atom stereocenters. The molecule has 1 unspecified atom stereocenters. The number of fused-ring (bicyclic) bond motifs is 1. The van der Waals surface area contributed by atoms with Crippen molar-refractivity contribution in [3.05, 3.63) is 83.2 Å². The number of hydrogen-bond donors (Lipinski definition) is 0. The van der Waals surface area contributed by atoms with E-state index in [1.54, 1.807) is 18.2 Å². The average Bonchev–Trinajstić information content (AvgIpc) is 3.11. The predicted molar refractivity (Wildman–Crippen MR) is 109 cm³/mol. The van der Waals surface area contributed by atoms with Gasteiger partial charge in [-0.25, -0.2) is 4.39 Å². The molecular formula is C23H21FO4S. The van der Waals surface area contributed by atoms with Gasteiger partial charge in [0.05, 0.1) is 10.5 Å². The Hall–Kier alpha value is -2.70. The number of halogens is 1. The van der Waals surface area contributed by atoms with Crippen LogP contribution in [0, 0.1) is 19.7 Å². The third-order valence-corrected chi connectivity index (χ3v) is 6.35. The molecule has 1 aliphatic heterocycles. The van der Waals surface area contributed by atoms with Crippen LogP contribution in [0.5, 0.6) is 5.75 Å². The summed E-state index contributed by atoms with van der Waals surface area (Å²) < 4.78 is 50.7. The van der Waals surface area contributed by atoms with Crippen LogP contribution in [0.1, 0.15) is 16.7 Å². The van der Waals surface area contributed by atoms with E-state index < -0.39 is 16.2 Å². The van der Waals surface area contributed by atoms with Crippen LogP contribution < -0.4 is 4.74 Å². The molecule has 0 aromatic heterocycles. The quantitative estimate of drug-likeness (QED) is 0.564. The molecule has 3 aromatic rings. The normalized spacial score (nSPS) is 15.8. The summed E-state index contributed by atoms with van der Waals surface area (Å²) in [5.41, 5.74) is 3.90. The first-order valence-electron chi connectivity index (χ1n) is 9.35. The van der Waals surface area contributed by atoms with Crippen molar-refractivity contribution < 1.29 is 21.7 Å². The average molecular weight is 412 g/mol. The Balaban J connectivity index is 1.55. The van der Waals surface area contributed by atoms with Gasteiger partial charge in [0.15, 0.2) is 0 Å². The molecule has 1 aliphatic rings. The van der Waals surface area contributed by atoms with Crippen molar-refractivity contribution in [3.63, 3.8) is 0 Å². The van der Waals surface area contributed by atoms with Gasteiger partial charge in [-0.05, 0) is 48.7 Å². The fourth-order valence-corrected chi connectivity index (χ4v) is 4.42. The summed E-state index contributed by atoms with van der Waals surface area (Å²) in [5.74, 6) is 0.0903. The second kappa shape index (κ2) is 7.61. The van der Waals surface area contributed by atoms with Crippen molar-refractivity contribution in [2.24, 2.45) is 0 Å². The lowest BCUT2D eigenvalue weighted by atomic mass is 9.96. The molecule has 4 rings (SSSR count). The van der Waals surface area contributed by atoms with Crippen LogP contribution in [-0.4, -0.2) is 21.1 Å². The lowest BCUT2D eigenvalue weighted by Gasteiger charge is -2.14. The van der Waals surface area contributed by atoms with Crippen LogP contribution in [0.2, 0.25) is 0 Å². The van der Waals surface area contributed by atoms with Crippen LogP contribution in [0.3, 0.4) is 0 Å². The van der Waals surface area contributed by atoms with Crippen LogP contribution in [0.4, 0.5) is 4.39 Å². The highest BCUT2D eigenvalue weighted by Crippen LogP contribution is 2.41. The molecule has 29 heavy (non-hydrogen) atoms. The van der Waals surface area contributed by atoms with E-state index in [1.807, 2.05) is 38.1 Å².